The molecule has 1 aromatic carbocycles. The van der Waals surface area contributed by atoms with Crippen LogP contribution in [0, 0.1) is 5.92 Å². The molecule has 0 aliphatic carbocycles. The number of hydrogen-bond donors (Lipinski definition) is 2. The Morgan fingerprint density at radius 2 is 1.88 bits per heavy atom. The fourth-order valence-electron chi connectivity index (χ4n) is 1.46. The molecule has 0 saturated heterocycles. The maximum absolute atomic E-state index is 6.00. The summed E-state index contributed by atoms with van der Waals surface area (Å²) in [5, 5.41) is 7.07. The highest BCUT2D eigenvalue weighted by atomic mass is 15.2. The molecular formula is C12H16N4. The van der Waals surface area contributed by atoms with Crippen molar-refractivity contribution in [2.45, 2.75) is 19.9 Å². The summed E-state index contributed by atoms with van der Waals surface area (Å²) in [6, 6.07) is 9.77. The van der Waals surface area contributed by atoms with E-state index in [0.717, 1.165) is 11.4 Å². The Morgan fingerprint density at radius 3 is 2.50 bits per heavy atom. The Labute approximate surface area is 94.9 Å². The summed E-state index contributed by atoms with van der Waals surface area (Å²) >= 11 is 0. The van der Waals surface area contributed by atoms with Crippen LogP contribution >= 0.6 is 0 Å². The van der Waals surface area contributed by atoms with Gasteiger partial charge < -0.3 is 5.73 Å². The minimum atomic E-state index is -0.0926. The van der Waals surface area contributed by atoms with Crippen LogP contribution in [-0.4, -0.2) is 15.2 Å². The Hall–Kier alpha value is -1.68. The Morgan fingerprint density at radius 1 is 1.19 bits per heavy atom. The van der Waals surface area contributed by atoms with Crippen molar-refractivity contribution in [1.82, 2.24) is 15.2 Å². The molecule has 1 aromatic heterocycles. The van der Waals surface area contributed by atoms with Crippen molar-refractivity contribution in [3.05, 3.63) is 36.2 Å². The van der Waals surface area contributed by atoms with Crippen molar-refractivity contribution in [3.8, 4) is 11.4 Å². The van der Waals surface area contributed by atoms with E-state index in [-0.39, 0.29) is 6.04 Å². The lowest BCUT2D eigenvalue weighted by Crippen LogP contribution is -2.18. The summed E-state index contributed by atoms with van der Waals surface area (Å²) in [7, 11) is 0. The van der Waals surface area contributed by atoms with Crippen LogP contribution in [0.3, 0.4) is 0 Å². The standard InChI is InChI=1S/C12H16N4/c1-8(2)10(13)12-14-11(15-16-12)9-6-4-3-5-7-9/h3-8,10H,13H2,1-2H3,(H,14,15,16). The smallest absolute Gasteiger partial charge is 0.181 e. The van der Waals surface area contributed by atoms with E-state index in [1.54, 1.807) is 0 Å². The molecule has 0 radical (unpaired) electrons. The zero-order valence-electron chi connectivity index (χ0n) is 9.51. The number of hydrogen-bond acceptors (Lipinski definition) is 3. The van der Waals surface area contributed by atoms with E-state index in [0.29, 0.717) is 11.7 Å². The Bertz CT molecular complexity index is 447. The maximum atomic E-state index is 6.00. The predicted octanol–water partition coefficient (Wildman–Crippen LogP) is 2.13. The molecule has 84 valence electrons. The number of benzene rings is 1. The first kappa shape index (κ1) is 10.8. The monoisotopic (exact) mass is 216 g/mol. The highest BCUT2D eigenvalue weighted by Gasteiger charge is 2.15. The molecular weight excluding hydrogens is 200 g/mol. The molecule has 2 aromatic rings. The van der Waals surface area contributed by atoms with Gasteiger partial charge >= 0.3 is 0 Å². The number of H-pyrrole nitrogens is 1. The van der Waals surface area contributed by atoms with Crippen molar-refractivity contribution in [2.24, 2.45) is 11.7 Å². The summed E-state index contributed by atoms with van der Waals surface area (Å²) in [4.78, 5) is 4.41. The van der Waals surface area contributed by atoms with Gasteiger partial charge in [-0.1, -0.05) is 44.2 Å². The number of aromatic nitrogens is 3. The second-order valence-electron chi connectivity index (χ2n) is 4.18. The van der Waals surface area contributed by atoms with Gasteiger partial charge in [-0.15, -0.1) is 0 Å². The van der Waals surface area contributed by atoms with Gasteiger partial charge in [0, 0.05) is 5.56 Å². The molecule has 0 spiro atoms. The van der Waals surface area contributed by atoms with E-state index in [1.165, 1.54) is 0 Å². The normalized spacial score (nSPS) is 13.0. The number of nitrogens with one attached hydrogen (secondary N) is 1. The lowest BCUT2D eigenvalue weighted by atomic mass is 10.1. The lowest BCUT2D eigenvalue weighted by Gasteiger charge is -2.10. The summed E-state index contributed by atoms with van der Waals surface area (Å²) in [6.45, 7) is 4.13. The van der Waals surface area contributed by atoms with Crippen LogP contribution in [0.2, 0.25) is 0 Å². The third kappa shape index (κ3) is 2.12. The van der Waals surface area contributed by atoms with E-state index in [1.807, 2.05) is 30.3 Å². The van der Waals surface area contributed by atoms with Gasteiger partial charge in [0.05, 0.1) is 6.04 Å². The second kappa shape index (κ2) is 4.45. The summed E-state index contributed by atoms with van der Waals surface area (Å²) < 4.78 is 0. The van der Waals surface area contributed by atoms with Gasteiger partial charge in [0.1, 0.15) is 5.82 Å². The van der Waals surface area contributed by atoms with Crippen LogP contribution in [0.25, 0.3) is 11.4 Å². The molecule has 1 atom stereocenters. The molecule has 1 heterocycles. The molecule has 0 aliphatic heterocycles. The fraction of sp³-hybridized carbons (Fsp3) is 0.333. The zero-order chi connectivity index (χ0) is 11.5. The molecule has 0 saturated carbocycles. The van der Waals surface area contributed by atoms with Crippen LogP contribution in [-0.2, 0) is 0 Å². The highest BCUT2D eigenvalue weighted by Crippen LogP contribution is 2.18. The number of nitrogens with zero attached hydrogens (tertiary/aromatic N) is 2. The van der Waals surface area contributed by atoms with Gasteiger partial charge in [-0.2, -0.15) is 5.10 Å². The first-order valence-electron chi connectivity index (χ1n) is 5.42. The largest absolute Gasteiger partial charge is 0.321 e. The van der Waals surface area contributed by atoms with Crippen LogP contribution in [0.5, 0.6) is 0 Å². The quantitative estimate of drug-likeness (QED) is 0.825. The van der Waals surface area contributed by atoms with E-state index < -0.39 is 0 Å². The second-order valence-corrected chi connectivity index (χ2v) is 4.18. The van der Waals surface area contributed by atoms with E-state index in [2.05, 4.69) is 29.0 Å². The van der Waals surface area contributed by atoms with Crippen LogP contribution in [0.1, 0.15) is 25.7 Å². The first-order valence-corrected chi connectivity index (χ1v) is 5.42. The van der Waals surface area contributed by atoms with Crippen LogP contribution in [0.4, 0.5) is 0 Å². The molecule has 16 heavy (non-hydrogen) atoms. The summed E-state index contributed by atoms with van der Waals surface area (Å²) in [5.74, 6) is 1.79. The molecule has 4 nitrogen and oxygen atoms in total. The zero-order valence-corrected chi connectivity index (χ0v) is 9.51. The molecule has 0 amide bonds. The van der Waals surface area contributed by atoms with E-state index in [4.69, 9.17) is 5.73 Å². The van der Waals surface area contributed by atoms with Gasteiger partial charge in [0.15, 0.2) is 5.82 Å². The molecule has 2 rings (SSSR count). The van der Waals surface area contributed by atoms with Gasteiger partial charge in [0.2, 0.25) is 0 Å². The SMILES string of the molecule is CC(C)C(N)c1nc(-c2ccccc2)n[nH]1. The predicted molar refractivity (Wildman–Crippen MR) is 63.6 cm³/mol. The third-order valence-corrected chi connectivity index (χ3v) is 2.57. The molecule has 0 fully saturated rings. The minimum Gasteiger partial charge on any atom is -0.321 e. The Kier molecular flexibility index (Phi) is 3.01. The van der Waals surface area contributed by atoms with Gasteiger partial charge in [0.25, 0.3) is 0 Å². The molecule has 0 bridgehead atoms. The van der Waals surface area contributed by atoms with Gasteiger partial charge in [-0.05, 0) is 5.92 Å². The number of aromatic amines is 1. The topological polar surface area (TPSA) is 67.6 Å². The van der Waals surface area contributed by atoms with Crippen LogP contribution < -0.4 is 5.73 Å². The van der Waals surface area contributed by atoms with Crippen LogP contribution in [0.15, 0.2) is 30.3 Å². The highest BCUT2D eigenvalue weighted by molar-refractivity contribution is 5.53. The number of nitrogens with two attached hydrogens (primary N) is 1. The summed E-state index contributed by atoms with van der Waals surface area (Å²) in [5.41, 5.74) is 7.00. The maximum Gasteiger partial charge on any atom is 0.181 e. The van der Waals surface area contributed by atoms with Crippen molar-refractivity contribution in [2.75, 3.05) is 0 Å². The Balaban J connectivity index is 2.27. The van der Waals surface area contributed by atoms with E-state index in [9.17, 15) is 0 Å². The van der Waals surface area contributed by atoms with E-state index >= 15 is 0 Å². The van der Waals surface area contributed by atoms with Crippen molar-refractivity contribution < 1.29 is 0 Å². The lowest BCUT2D eigenvalue weighted by molar-refractivity contribution is 0.492. The molecule has 4 heteroatoms. The average Bonchev–Trinajstić information content (AvgIpc) is 2.78. The molecule has 0 aliphatic rings. The summed E-state index contributed by atoms with van der Waals surface area (Å²) in [6.07, 6.45) is 0. The van der Waals surface area contributed by atoms with Crippen molar-refractivity contribution >= 4 is 0 Å². The molecule has 1 unspecified atom stereocenters. The van der Waals surface area contributed by atoms with Gasteiger partial charge in [-0.3, -0.25) is 5.10 Å². The first-order chi connectivity index (χ1) is 7.68. The average molecular weight is 216 g/mol. The van der Waals surface area contributed by atoms with Crippen molar-refractivity contribution in [1.29, 1.82) is 0 Å². The fourth-order valence-corrected chi connectivity index (χ4v) is 1.46. The van der Waals surface area contributed by atoms with Gasteiger partial charge in [-0.25, -0.2) is 4.98 Å². The molecule has 3 N–H and O–H groups in total. The minimum absolute atomic E-state index is 0.0926. The third-order valence-electron chi connectivity index (χ3n) is 2.57. The van der Waals surface area contributed by atoms with Crippen molar-refractivity contribution in [3.63, 3.8) is 0 Å². The number of rotatable bonds is 3.